The van der Waals surface area contributed by atoms with Crippen LogP contribution in [0.5, 0.6) is 0 Å². The maximum atomic E-state index is 12.7. The number of hydrogen-bond donors (Lipinski definition) is 1. The zero-order valence-electron chi connectivity index (χ0n) is 15.6. The van der Waals surface area contributed by atoms with Crippen molar-refractivity contribution in [2.45, 2.75) is 32.7 Å². The Morgan fingerprint density at radius 3 is 2.79 bits per heavy atom. The summed E-state index contributed by atoms with van der Waals surface area (Å²) in [5, 5.41) is 5.38. The zero-order chi connectivity index (χ0) is 19.3. The maximum absolute atomic E-state index is 12.7. The molecule has 1 amide bonds. The number of rotatable bonds is 7. The number of nitrogens with one attached hydrogen (secondary N) is 1. The van der Waals surface area contributed by atoms with Crippen molar-refractivity contribution in [2.75, 3.05) is 5.32 Å². The lowest BCUT2D eigenvalue weighted by Gasteiger charge is -2.08. The third kappa shape index (κ3) is 3.94. The van der Waals surface area contributed by atoms with Gasteiger partial charge in [0.05, 0.1) is 16.7 Å². The number of carbonyl (C=O) groups excluding carboxylic acids is 1. The Kier molecular flexibility index (Phi) is 5.43. The Balaban J connectivity index is 1.52. The Labute approximate surface area is 167 Å². The number of carbonyl (C=O) groups is 1. The normalized spacial score (nSPS) is 11.0. The molecule has 4 aromatic rings. The second-order valence-corrected chi connectivity index (χ2v) is 7.37. The van der Waals surface area contributed by atoms with Crippen LogP contribution in [-0.2, 0) is 17.8 Å². The molecule has 0 spiro atoms. The van der Waals surface area contributed by atoms with Gasteiger partial charge in [-0.25, -0.2) is 9.97 Å². The number of pyridine rings is 1. The molecule has 0 saturated carbocycles. The molecule has 0 aliphatic carbocycles. The minimum absolute atomic E-state index is 0.108. The summed E-state index contributed by atoms with van der Waals surface area (Å²) in [6.45, 7) is 2.37. The lowest BCUT2D eigenvalue weighted by molar-refractivity contribution is -0.116. The van der Waals surface area contributed by atoms with Crippen molar-refractivity contribution in [3.63, 3.8) is 0 Å². The summed E-state index contributed by atoms with van der Waals surface area (Å²) in [5.41, 5.74) is 3.46. The van der Waals surface area contributed by atoms with Crippen LogP contribution < -0.4 is 5.32 Å². The molecule has 7 heteroatoms. The van der Waals surface area contributed by atoms with Crippen molar-refractivity contribution >= 4 is 33.4 Å². The van der Waals surface area contributed by atoms with Gasteiger partial charge in [-0.2, -0.15) is 0 Å². The predicted molar refractivity (Wildman–Crippen MR) is 112 cm³/mol. The SMILES string of the molecule is CCCCc1nc2ccccc2n1CC(=O)Nc1nc(-c2ccccn2)cs1. The summed E-state index contributed by atoms with van der Waals surface area (Å²) < 4.78 is 2.01. The number of aromatic nitrogens is 4. The summed E-state index contributed by atoms with van der Waals surface area (Å²) in [7, 11) is 0. The van der Waals surface area contributed by atoms with Gasteiger partial charge < -0.3 is 9.88 Å². The Morgan fingerprint density at radius 1 is 1.11 bits per heavy atom. The van der Waals surface area contributed by atoms with Crippen molar-refractivity contribution in [2.24, 2.45) is 0 Å². The molecule has 142 valence electrons. The van der Waals surface area contributed by atoms with E-state index in [9.17, 15) is 4.79 Å². The van der Waals surface area contributed by atoms with E-state index in [0.717, 1.165) is 47.5 Å². The van der Waals surface area contributed by atoms with Crippen molar-refractivity contribution in [3.05, 3.63) is 59.9 Å². The van der Waals surface area contributed by atoms with Crippen molar-refractivity contribution < 1.29 is 4.79 Å². The quantitative estimate of drug-likeness (QED) is 0.502. The molecule has 0 aliphatic rings. The van der Waals surface area contributed by atoms with E-state index in [2.05, 4.69) is 22.2 Å². The second kappa shape index (κ2) is 8.31. The van der Waals surface area contributed by atoms with Gasteiger partial charge in [0.15, 0.2) is 5.13 Å². The lowest BCUT2D eigenvalue weighted by atomic mass is 10.2. The minimum atomic E-state index is -0.108. The van der Waals surface area contributed by atoms with E-state index in [1.54, 1.807) is 6.20 Å². The molecule has 28 heavy (non-hydrogen) atoms. The van der Waals surface area contributed by atoms with Gasteiger partial charge in [-0.1, -0.05) is 31.5 Å². The van der Waals surface area contributed by atoms with Crippen LogP contribution in [0.3, 0.4) is 0 Å². The number of fused-ring (bicyclic) bond motifs is 1. The minimum Gasteiger partial charge on any atom is -0.318 e. The number of imidazole rings is 1. The lowest BCUT2D eigenvalue weighted by Crippen LogP contribution is -2.20. The van der Waals surface area contributed by atoms with Crippen molar-refractivity contribution in [1.82, 2.24) is 19.5 Å². The Bertz CT molecular complexity index is 1090. The monoisotopic (exact) mass is 391 g/mol. The van der Waals surface area contributed by atoms with E-state index < -0.39 is 0 Å². The number of nitrogens with zero attached hydrogens (tertiary/aromatic N) is 4. The van der Waals surface area contributed by atoms with Crippen molar-refractivity contribution in [3.8, 4) is 11.4 Å². The largest absolute Gasteiger partial charge is 0.318 e. The van der Waals surface area contributed by atoms with Gasteiger partial charge in [0.1, 0.15) is 18.1 Å². The van der Waals surface area contributed by atoms with Crippen LogP contribution in [0.2, 0.25) is 0 Å². The van der Waals surface area contributed by atoms with Gasteiger partial charge in [0.2, 0.25) is 5.91 Å². The number of aryl methyl sites for hydroxylation is 1. The van der Waals surface area contributed by atoms with E-state index >= 15 is 0 Å². The molecule has 0 radical (unpaired) electrons. The number of amides is 1. The molecule has 3 heterocycles. The van der Waals surface area contributed by atoms with E-state index in [4.69, 9.17) is 4.98 Å². The molecule has 4 rings (SSSR count). The number of hydrogen-bond acceptors (Lipinski definition) is 5. The first-order valence-corrected chi connectivity index (χ1v) is 10.2. The van der Waals surface area contributed by atoms with Crippen LogP contribution in [0.4, 0.5) is 5.13 Å². The highest BCUT2D eigenvalue weighted by Gasteiger charge is 2.15. The predicted octanol–water partition coefficient (Wildman–Crippen LogP) is 4.54. The van der Waals surface area contributed by atoms with Crippen molar-refractivity contribution in [1.29, 1.82) is 0 Å². The number of anilines is 1. The summed E-state index contributed by atoms with van der Waals surface area (Å²) in [4.78, 5) is 26.2. The van der Waals surface area contributed by atoms with Crippen LogP contribution in [0, 0.1) is 0 Å². The summed E-state index contributed by atoms with van der Waals surface area (Å²) in [6, 6.07) is 13.6. The number of benzene rings is 1. The molecule has 0 fully saturated rings. The molecule has 0 aliphatic heterocycles. The van der Waals surface area contributed by atoms with E-state index in [1.165, 1.54) is 11.3 Å². The van der Waals surface area contributed by atoms with E-state index in [-0.39, 0.29) is 12.5 Å². The molecule has 3 aromatic heterocycles. The molecular weight excluding hydrogens is 370 g/mol. The standard InChI is InChI=1S/C21H21N5OS/c1-2-3-11-19-23-16-9-4-5-10-18(16)26(19)13-20(27)25-21-24-17(14-28-21)15-8-6-7-12-22-15/h4-10,12,14H,2-3,11,13H2,1H3,(H,24,25,27). The van der Waals surface area contributed by atoms with E-state index in [0.29, 0.717) is 5.13 Å². The fraction of sp³-hybridized carbons (Fsp3) is 0.238. The molecular formula is C21H21N5OS. The van der Waals surface area contributed by atoms with Gasteiger partial charge in [-0.3, -0.25) is 9.78 Å². The third-order valence-corrected chi connectivity index (χ3v) is 5.22. The fourth-order valence-electron chi connectivity index (χ4n) is 3.09. The summed E-state index contributed by atoms with van der Waals surface area (Å²) in [5.74, 6) is 0.842. The summed E-state index contributed by atoms with van der Waals surface area (Å²) >= 11 is 1.40. The van der Waals surface area contributed by atoms with Crippen LogP contribution in [0.25, 0.3) is 22.4 Å². The highest BCUT2D eigenvalue weighted by atomic mass is 32.1. The van der Waals surface area contributed by atoms with Gasteiger partial charge in [-0.05, 0) is 30.7 Å². The first-order chi connectivity index (χ1) is 13.7. The number of thiazole rings is 1. The summed E-state index contributed by atoms with van der Waals surface area (Å²) in [6.07, 6.45) is 4.73. The second-order valence-electron chi connectivity index (χ2n) is 6.51. The van der Waals surface area contributed by atoms with Gasteiger partial charge >= 0.3 is 0 Å². The molecule has 0 atom stereocenters. The van der Waals surface area contributed by atoms with Gasteiger partial charge in [0, 0.05) is 18.0 Å². The smallest absolute Gasteiger partial charge is 0.246 e. The molecule has 0 saturated heterocycles. The zero-order valence-corrected chi connectivity index (χ0v) is 16.4. The number of para-hydroxylation sites is 2. The number of unbranched alkanes of at least 4 members (excludes halogenated alkanes) is 1. The molecule has 1 N–H and O–H groups in total. The van der Waals surface area contributed by atoms with Crippen LogP contribution in [0.1, 0.15) is 25.6 Å². The highest BCUT2D eigenvalue weighted by molar-refractivity contribution is 7.14. The fourth-order valence-corrected chi connectivity index (χ4v) is 3.81. The molecule has 6 nitrogen and oxygen atoms in total. The average molecular weight is 392 g/mol. The third-order valence-electron chi connectivity index (χ3n) is 4.47. The van der Waals surface area contributed by atoms with Crippen LogP contribution >= 0.6 is 11.3 Å². The average Bonchev–Trinajstić information content (AvgIpc) is 3.32. The Morgan fingerprint density at radius 2 is 1.96 bits per heavy atom. The first-order valence-electron chi connectivity index (χ1n) is 9.35. The topological polar surface area (TPSA) is 72.7 Å². The van der Waals surface area contributed by atoms with Gasteiger partial charge in [-0.15, -0.1) is 11.3 Å². The van der Waals surface area contributed by atoms with Crippen LogP contribution in [-0.4, -0.2) is 25.4 Å². The highest BCUT2D eigenvalue weighted by Crippen LogP contribution is 2.23. The maximum Gasteiger partial charge on any atom is 0.246 e. The molecule has 0 unspecified atom stereocenters. The Hall–Kier alpha value is -3.06. The first kappa shape index (κ1) is 18.3. The van der Waals surface area contributed by atoms with E-state index in [1.807, 2.05) is 52.4 Å². The van der Waals surface area contributed by atoms with Crippen LogP contribution in [0.15, 0.2) is 54.0 Å². The molecule has 0 bridgehead atoms. The van der Waals surface area contributed by atoms with Gasteiger partial charge in [0.25, 0.3) is 0 Å². The molecule has 1 aromatic carbocycles.